The van der Waals surface area contributed by atoms with E-state index in [0.29, 0.717) is 13.0 Å². The molecule has 114 valence electrons. The van der Waals surface area contributed by atoms with Gasteiger partial charge in [-0.05, 0) is 24.6 Å². The summed E-state index contributed by atoms with van der Waals surface area (Å²) >= 11 is 0. The van der Waals surface area contributed by atoms with E-state index in [1.165, 1.54) is 0 Å². The highest BCUT2D eigenvalue weighted by Gasteiger charge is 2.16. The maximum absolute atomic E-state index is 11.7. The molecule has 1 aromatic rings. The number of nitrogens with one attached hydrogen (secondary N) is 1. The van der Waals surface area contributed by atoms with Gasteiger partial charge in [0, 0.05) is 12.7 Å². The average Bonchev–Trinajstić information content (AvgIpc) is 2.38. The van der Waals surface area contributed by atoms with Crippen molar-refractivity contribution in [3.8, 4) is 5.75 Å². The Morgan fingerprint density at radius 2 is 2.20 bits per heavy atom. The summed E-state index contributed by atoms with van der Waals surface area (Å²) in [6.07, 6.45) is 0.625. The first-order valence-electron chi connectivity index (χ1n) is 6.16. The van der Waals surface area contributed by atoms with Crippen LogP contribution in [0.4, 0.5) is 11.4 Å². The molecule has 0 aromatic heterocycles. The minimum absolute atomic E-state index is 0. The number of amides is 1. The molecule has 0 fully saturated rings. The molecule has 1 aliphatic heterocycles. The first kappa shape index (κ1) is 18.8. The van der Waals surface area contributed by atoms with Gasteiger partial charge in [-0.1, -0.05) is 6.92 Å². The Morgan fingerprint density at radius 3 is 2.85 bits per heavy atom. The number of rotatable bonds is 3. The highest BCUT2D eigenvalue weighted by atomic mass is 35.5. The molecule has 0 saturated carbocycles. The van der Waals surface area contributed by atoms with E-state index in [2.05, 4.69) is 10.2 Å². The largest absolute Gasteiger partial charge is 0.490 e. The van der Waals surface area contributed by atoms with E-state index in [0.717, 1.165) is 23.7 Å². The summed E-state index contributed by atoms with van der Waals surface area (Å²) in [5.74, 6) is 0.693. The zero-order valence-electron chi connectivity index (χ0n) is 11.6. The minimum atomic E-state index is -0.463. The van der Waals surface area contributed by atoms with Crippen molar-refractivity contribution >= 4 is 42.1 Å². The second-order valence-corrected chi connectivity index (χ2v) is 4.46. The Bertz CT molecular complexity index is 457. The zero-order valence-corrected chi connectivity index (χ0v) is 13.2. The standard InChI is InChI=1S/C13H19N3O2.2ClH/c1-3-10(14)13(17)15-9-4-5-12-11(8-9)16(2)6-7-18-12;;/h4-5,8,10H,3,6-7,14H2,1-2H3,(H,15,17);2*1H/t10-;;/m0../s1. The predicted molar refractivity (Wildman–Crippen MR) is 86.6 cm³/mol. The lowest BCUT2D eigenvalue weighted by molar-refractivity contribution is -0.117. The number of hydrogen-bond donors (Lipinski definition) is 2. The number of ether oxygens (including phenoxy) is 1. The van der Waals surface area contributed by atoms with Crippen LogP contribution in [-0.4, -0.2) is 32.1 Å². The third kappa shape index (κ3) is 4.16. The van der Waals surface area contributed by atoms with Gasteiger partial charge in [0.25, 0.3) is 0 Å². The van der Waals surface area contributed by atoms with Crippen molar-refractivity contribution in [1.82, 2.24) is 0 Å². The smallest absolute Gasteiger partial charge is 0.241 e. The van der Waals surface area contributed by atoms with Crippen LogP contribution in [0.5, 0.6) is 5.75 Å². The molecule has 20 heavy (non-hydrogen) atoms. The molecule has 3 N–H and O–H groups in total. The molecule has 0 spiro atoms. The fourth-order valence-electron chi connectivity index (χ4n) is 1.85. The molecular formula is C13H21Cl2N3O2. The molecule has 0 radical (unpaired) electrons. The van der Waals surface area contributed by atoms with Crippen LogP contribution < -0.4 is 20.7 Å². The third-order valence-electron chi connectivity index (χ3n) is 3.10. The van der Waals surface area contributed by atoms with Gasteiger partial charge in [-0.15, -0.1) is 24.8 Å². The van der Waals surface area contributed by atoms with Crippen LogP contribution >= 0.6 is 24.8 Å². The molecule has 1 aromatic carbocycles. The van der Waals surface area contributed by atoms with Crippen molar-refractivity contribution in [1.29, 1.82) is 0 Å². The van der Waals surface area contributed by atoms with E-state index < -0.39 is 6.04 Å². The summed E-state index contributed by atoms with van der Waals surface area (Å²) in [6.45, 7) is 3.42. The highest BCUT2D eigenvalue weighted by molar-refractivity contribution is 5.95. The van der Waals surface area contributed by atoms with E-state index in [1.54, 1.807) is 0 Å². The monoisotopic (exact) mass is 321 g/mol. The van der Waals surface area contributed by atoms with Crippen LogP contribution in [0.25, 0.3) is 0 Å². The number of fused-ring (bicyclic) bond motifs is 1. The summed E-state index contributed by atoms with van der Waals surface area (Å²) < 4.78 is 5.54. The number of anilines is 2. The van der Waals surface area contributed by atoms with Crippen molar-refractivity contribution in [2.45, 2.75) is 19.4 Å². The van der Waals surface area contributed by atoms with Crippen molar-refractivity contribution < 1.29 is 9.53 Å². The number of carbonyl (C=O) groups excluding carboxylic acids is 1. The lowest BCUT2D eigenvalue weighted by atomic mass is 10.2. The topological polar surface area (TPSA) is 67.6 Å². The summed E-state index contributed by atoms with van der Waals surface area (Å²) in [7, 11) is 2.00. The second-order valence-electron chi connectivity index (χ2n) is 4.46. The van der Waals surface area contributed by atoms with Crippen molar-refractivity contribution in [3.63, 3.8) is 0 Å². The maximum Gasteiger partial charge on any atom is 0.241 e. The fraction of sp³-hybridized carbons (Fsp3) is 0.462. The second kappa shape index (κ2) is 8.19. The Morgan fingerprint density at radius 1 is 1.50 bits per heavy atom. The normalized spacial score (nSPS) is 14.1. The molecule has 1 heterocycles. The predicted octanol–water partition coefficient (Wildman–Crippen LogP) is 2.03. The summed E-state index contributed by atoms with van der Waals surface area (Å²) in [4.78, 5) is 13.8. The Balaban J connectivity index is 0.00000180. The van der Waals surface area contributed by atoms with Crippen LogP contribution in [0, 0.1) is 0 Å². The van der Waals surface area contributed by atoms with Gasteiger partial charge in [0.2, 0.25) is 5.91 Å². The van der Waals surface area contributed by atoms with Crippen molar-refractivity contribution in [2.24, 2.45) is 5.73 Å². The van der Waals surface area contributed by atoms with Crippen LogP contribution in [-0.2, 0) is 4.79 Å². The Labute approximate surface area is 131 Å². The highest BCUT2D eigenvalue weighted by Crippen LogP contribution is 2.33. The quantitative estimate of drug-likeness (QED) is 0.894. The fourth-order valence-corrected chi connectivity index (χ4v) is 1.85. The Hall–Kier alpha value is -1.17. The van der Waals surface area contributed by atoms with E-state index >= 15 is 0 Å². The van der Waals surface area contributed by atoms with Crippen LogP contribution in [0.15, 0.2) is 18.2 Å². The van der Waals surface area contributed by atoms with Crippen molar-refractivity contribution in [2.75, 3.05) is 30.4 Å². The summed E-state index contributed by atoms with van der Waals surface area (Å²) in [5.41, 5.74) is 7.42. The number of nitrogens with zero attached hydrogens (tertiary/aromatic N) is 1. The Kier molecular flexibility index (Phi) is 7.71. The summed E-state index contributed by atoms with van der Waals surface area (Å²) in [6, 6.07) is 5.15. The number of benzene rings is 1. The minimum Gasteiger partial charge on any atom is -0.490 e. The van der Waals surface area contributed by atoms with Crippen LogP contribution in [0.3, 0.4) is 0 Å². The molecule has 0 bridgehead atoms. The molecule has 7 heteroatoms. The molecule has 2 rings (SSSR count). The number of carbonyl (C=O) groups is 1. The van der Waals surface area contributed by atoms with Gasteiger partial charge in [0.1, 0.15) is 12.4 Å². The van der Waals surface area contributed by atoms with Crippen molar-refractivity contribution in [3.05, 3.63) is 18.2 Å². The van der Waals surface area contributed by atoms with Gasteiger partial charge in [0.15, 0.2) is 0 Å². The molecule has 1 amide bonds. The van der Waals surface area contributed by atoms with E-state index in [-0.39, 0.29) is 30.7 Å². The van der Waals surface area contributed by atoms with Gasteiger partial charge in [0.05, 0.1) is 18.3 Å². The first-order chi connectivity index (χ1) is 8.61. The molecule has 1 aliphatic rings. The number of likely N-dealkylation sites (N-methyl/N-ethyl adjacent to an activating group) is 1. The molecule has 0 unspecified atom stereocenters. The van der Waals surface area contributed by atoms with Gasteiger partial charge >= 0.3 is 0 Å². The first-order valence-corrected chi connectivity index (χ1v) is 6.16. The third-order valence-corrected chi connectivity index (χ3v) is 3.10. The van der Waals surface area contributed by atoms with Gasteiger partial charge in [-0.2, -0.15) is 0 Å². The lowest BCUT2D eigenvalue weighted by Gasteiger charge is -2.28. The van der Waals surface area contributed by atoms with E-state index in [1.807, 2.05) is 32.2 Å². The molecule has 0 aliphatic carbocycles. The molecular weight excluding hydrogens is 301 g/mol. The number of halogens is 2. The van der Waals surface area contributed by atoms with Crippen LogP contribution in [0.1, 0.15) is 13.3 Å². The lowest BCUT2D eigenvalue weighted by Crippen LogP contribution is -2.35. The number of nitrogens with two attached hydrogens (primary N) is 1. The van der Waals surface area contributed by atoms with Gasteiger partial charge in [-0.3, -0.25) is 4.79 Å². The van der Waals surface area contributed by atoms with E-state index in [4.69, 9.17) is 10.5 Å². The summed E-state index contributed by atoms with van der Waals surface area (Å²) in [5, 5.41) is 2.82. The number of hydrogen-bond acceptors (Lipinski definition) is 4. The average molecular weight is 322 g/mol. The van der Waals surface area contributed by atoms with Gasteiger partial charge < -0.3 is 20.7 Å². The van der Waals surface area contributed by atoms with Gasteiger partial charge in [-0.25, -0.2) is 0 Å². The van der Waals surface area contributed by atoms with Crippen LogP contribution in [0.2, 0.25) is 0 Å². The van der Waals surface area contributed by atoms with E-state index in [9.17, 15) is 4.79 Å². The molecule has 1 atom stereocenters. The maximum atomic E-state index is 11.7. The zero-order chi connectivity index (χ0) is 13.1. The molecule has 5 nitrogen and oxygen atoms in total. The SMILES string of the molecule is CC[C@H](N)C(=O)Nc1ccc2c(c1)N(C)CCO2.Cl.Cl. The molecule has 0 saturated heterocycles.